The highest BCUT2D eigenvalue weighted by Crippen LogP contribution is 2.30. The van der Waals surface area contributed by atoms with Gasteiger partial charge in [-0.3, -0.25) is 14.2 Å². The number of nitrogens with zero attached hydrogens (tertiary/aromatic N) is 2. The lowest BCUT2D eigenvalue weighted by Gasteiger charge is -2.10. The number of anilines is 1. The standard InChI is InChI=1S/C21H15ClFN3O2S/c1-12-2-5-14(22)8-17(12)25-18(27)9-26-11-24-19-16(10-29-20(19)21(26)28)13-3-6-15(23)7-4-13/h2-8,10-11H,9H2,1H3,(H,25,27). The molecule has 0 aliphatic heterocycles. The van der Waals surface area contributed by atoms with Crippen LogP contribution in [0.5, 0.6) is 0 Å². The van der Waals surface area contributed by atoms with E-state index in [0.29, 0.717) is 20.9 Å². The topological polar surface area (TPSA) is 64.0 Å². The molecule has 4 aromatic rings. The number of hydrogen-bond donors (Lipinski definition) is 1. The quantitative estimate of drug-likeness (QED) is 0.505. The third kappa shape index (κ3) is 3.92. The van der Waals surface area contributed by atoms with E-state index >= 15 is 0 Å². The number of aryl methyl sites for hydroxylation is 1. The Kier molecular flexibility index (Phi) is 5.17. The molecule has 2 aromatic carbocycles. The summed E-state index contributed by atoms with van der Waals surface area (Å²) >= 11 is 7.23. The number of benzene rings is 2. The van der Waals surface area contributed by atoms with E-state index in [-0.39, 0.29) is 23.8 Å². The Morgan fingerprint density at radius 2 is 2.00 bits per heavy atom. The van der Waals surface area contributed by atoms with Crippen molar-refractivity contribution in [2.75, 3.05) is 5.32 Å². The molecular formula is C21H15ClFN3O2S. The SMILES string of the molecule is Cc1ccc(Cl)cc1NC(=O)Cn1cnc2c(-c3ccc(F)cc3)csc2c1=O. The fourth-order valence-corrected chi connectivity index (χ4v) is 4.11. The molecule has 0 aliphatic rings. The Bertz CT molecular complexity index is 1280. The minimum Gasteiger partial charge on any atom is -0.324 e. The zero-order valence-electron chi connectivity index (χ0n) is 15.3. The average Bonchev–Trinajstić information content (AvgIpc) is 3.12. The van der Waals surface area contributed by atoms with Gasteiger partial charge < -0.3 is 5.32 Å². The Balaban J connectivity index is 1.61. The summed E-state index contributed by atoms with van der Waals surface area (Å²) in [7, 11) is 0. The summed E-state index contributed by atoms with van der Waals surface area (Å²) in [6.07, 6.45) is 1.36. The van der Waals surface area contributed by atoms with E-state index in [2.05, 4.69) is 10.3 Å². The minimum absolute atomic E-state index is 0.169. The van der Waals surface area contributed by atoms with Gasteiger partial charge in [0, 0.05) is 21.7 Å². The highest BCUT2D eigenvalue weighted by Gasteiger charge is 2.14. The van der Waals surface area contributed by atoms with Crippen LogP contribution in [-0.4, -0.2) is 15.5 Å². The predicted molar refractivity (Wildman–Crippen MR) is 114 cm³/mol. The van der Waals surface area contributed by atoms with Crippen molar-refractivity contribution in [2.45, 2.75) is 13.5 Å². The summed E-state index contributed by atoms with van der Waals surface area (Å²) in [5, 5.41) is 5.09. The fourth-order valence-electron chi connectivity index (χ4n) is 2.96. The van der Waals surface area contributed by atoms with Gasteiger partial charge in [0.25, 0.3) is 5.56 Å². The second-order valence-corrected chi connectivity index (χ2v) is 7.84. The fraction of sp³-hybridized carbons (Fsp3) is 0.0952. The second kappa shape index (κ2) is 7.77. The van der Waals surface area contributed by atoms with E-state index in [1.54, 1.807) is 30.3 Å². The number of halogens is 2. The molecule has 2 aromatic heterocycles. The zero-order valence-corrected chi connectivity index (χ0v) is 16.9. The first-order chi connectivity index (χ1) is 13.9. The molecule has 1 N–H and O–H groups in total. The van der Waals surface area contributed by atoms with Crippen molar-refractivity contribution >= 4 is 44.7 Å². The number of fused-ring (bicyclic) bond motifs is 1. The molecule has 0 fully saturated rings. The first-order valence-corrected chi connectivity index (χ1v) is 9.97. The van der Waals surface area contributed by atoms with E-state index in [0.717, 1.165) is 16.7 Å². The first-order valence-electron chi connectivity index (χ1n) is 8.71. The lowest BCUT2D eigenvalue weighted by Crippen LogP contribution is -2.27. The molecule has 2 heterocycles. The van der Waals surface area contributed by atoms with Crippen molar-refractivity contribution in [1.82, 2.24) is 9.55 Å². The monoisotopic (exact) mass is 427 g/mol. The summed E-state index contributed by atoms with van der Waals surface area (Å²) < 4.78 is 14.9. The van der Waals surface area contributed by atoms with Crippen molar-refractivity contribution in [3.63, 3.8) is 0 Å². The minimum atomic E-state index is -0.353. The molecule has 0 saturated heterocycles. The zero-order chi connectivity index (χ0) is 20.5. The predicted octanol–water partition coefficient (Wildman–Crippen LogP) is 4.86. The molecule has 0 saturated carbocycles. The Morgan fingerprint density at radius 3 is 2.76 bits per heavy atom. The summed E-state index contributed by atoms with van der Waals surface area (Å²) in [4.78, 5) is 29.6. The normalized spacial score (nSPS) is 11.0. The molecule has 1 amide bonds. The lowest BCUT2D eigenvalue weighted by atomic mass is 10.1. The summed E-state index contributed by atoms with van der Waals surface area (Å²) in [5.41, 5.74) is 3.23. The number of hydrogen-bond acceptors (Lipinski definition) is 4. The number of carbonyl (C=O) groups excluding carboxylic acids is 1. The maximum atomic E-state index is 13.2. The number of thiophene rings is 1. The van der Waals surface area contributed by atoms with Gasteiger partial charge in [0.05, 0.1) is 11.8 Å². The van der Waals surface area contributed by atoms with Crippen molar-refractivity contribution < 1.29 is 9.18 Å². The molecule has 0 spiro atoms. The van der Waals surface area contributed by atoms with Crippen molar-refractivity contribution in [3.8, 4) is 11.1 Å². The molecular weight excluding hydrogens is 413 g/mol. The molecule has 29 heavy (non-hydrogen) atoms. The van der Waals surface area contributed by atoms with Crippen LogP contribution in [0.3, 0.4) is 0 Å². The molecule has 0 unspecified atom stereocenters. The van der Waals surface area contributed by atoms with Crippen LogP contribution in [0.1, 0.15) is 5.56 Å². The highest BCUT2D eigenvalue weighted by atomic mass is 35.5. The second-order valence-electron chi connectivity index (χ2n) is 6.52. The smallest absolute Gasteiger partial charge is 0.271 e. The van der Waals surface area contributed by atoms with E-state index < -0.39 is 0 Å². The van der Waals surface area contributed by atoms with Gasteiger partial charge in [-0.1, -0.05) is 29.8 Å². The van der Waals surface area contributed by atoms with Crippen molar-refractivity contribution in [1.29, 1.82) is 0 Å². The van der Waals surface area contributed by atoms with Gasteiger partial charge in [-0.15, -0.1) is 11.3 Å². The number of carbonyl (C=O) groups is 1. The molecule has 4 rings (SSSR count). The largest absolute Gasteiger partial charge is 0.324 e. The summed E-state index contributed by atoms with van der Waals surface area (Å²) in [5.74, 6) is -0.682. The summed E-state index contributed by atoms with van der Waals surface area (Å²) in [6, 6.07) is 11.2. The van der Waals surface area contributed by atoms with E-state index in [9.17, 15) is 14.0 Å². The van der Waals surface area contributed by atoms with Gasteiger partial charge in [0.1, 0.15) is 17.1 Å². The molecule has 146 valence electrons. The third-order valence-corrected chi connectivity index (χ3v) is 5.68. The molecule has 0 radical (unpaired) electrons. The van der Waals surface area contributed by atoms with E-state index in [4.69, 9.17) is 11.6 Å². The first kappa shape index (κ1) is 19.3. The van der Waals surface area contributed by atoms with Gasteiger partial charge in [-0.05, 0) is 42.3 Å². The number of amides is 1. The Morgan fingerprint density at radius 1 is 1.24 bits per heavy atom. The van der Waals surface area contributed by atoms with E-state index in [1.807, 2.05) is 12.3 Å². The van der Waals surface area contributed by atoms with Crippen LogP contribution < -0.4 is 10.9 Å². The third-order valence-electron chi connectivity index (χ3n) is 4.49. The number of nitrogens with one attached hydrogen (secondary N) is 1. The molecule has 0 atom stereocenters. The molecule has 0 aliphatic carbocycles. The van der Waals surface area contributed by atoms with Crippen LogP contribution in [0.25, 0.3) is 21.3 Å². The van der Waals surface area contributed by atoms with Crippen LogP contribution in [-0.2, 0) is 11.3 Å². The van der Waals surface area contributed by atoms with E-state index in [1.165, 1.54) is 34.4 Å². The maximum Gasteiger partial charge on any atom is 0.271 e. The van der Waals surface area contributed by atoms with Gasteiger partial charge in [-0.2, -0.15) is 0 Å². The average molecular weight is 428 g/mol. The van der Waals surface area contributed by atoms with Crippen LogP contribution >= 0.6 is 22.9 Å². The number of aromatic nitrogens is 2. The van der Waals surface area contributed by atoms with Crippen LogP contribution in [0, 0.1) is 12.7 Å². The highest BCUT2D eigenvalue weighted by molar-refractivity contribution is 7.17. The van der Waals surface area contributed by atoms with Gasteiger partial charge in [-0.25, -0.2) is 9.37 Å². The Labute approximate surface area is 174 Å². The van der Waals surface area contributed by atoms with Gasteiger partial charge in [0.15, 0.2) is 0 Å². The van der Waals surface area contributed by atoms with Gasteiger partial charge in [0.2, 0.25) is 5.91 Å². The molecule has 0 bridgehead atoms. The molecule has 8 heteroatoms. The maximum absolute atomic E-state index is 13.2. The van der Waals surface area contributed by atoms with Crippen LogP contribution in [0.15, 0.2) is 59.0 Å². The number of rotatable bonds is 4. The van der Waals surface area contributed by atoms with Crippen LogP contribution in [0.2, 0.25) is 5.02 Å². The van der Waals surface area contributed by atoms with Crippen LogP contribution in [0.4, 0.5) is 10.1 Å². The van der Waals surface area contributed by atoms with Crippen molar-refractivity contribution in [2.24, 2.45) is 0 Å². The molecule has 5 nitrogen and oxygen atoms in total. The van der Waals surface area contributed by atoms with Crippen molar-refractivity contribution in [3.05, 3.63) is 80.9 Å². The Hall–Kier alpha value is -3.03. The lowest BCUT2D eigenvalue weighted by molar-refractivity contribution is -0.116. The summed E-state index contributed by atoms with van der Waals surface area (Å²) in [6.45, 7) is 1.69. The van der Waals surface area contributed by atoms with Gasteiger partial charge >= 0.3 is 0 Å².